The third kappa shape index (κ3) is 0.493. The van der Waals surface area contributed by atoms with E-state index < -0.39 is 0 Å². The van der Waals surface area contributed by atoms with Crippen molar-refractivity contribution in [1.29, 1.82) is 0 Å². The smallest absolute Gasteiger partial charge is 0.00985 e. The van der Waals surface area contributed by atoms with Gasteiger partial charge in [0.2, 0.25) is 0 Å². The van der Waals surface area contributed by atoms with E-state index in [2.05, 4.69) is 0 Å². The van der Waals surface area contributed by atoms with E-state index in [1.54, 1.807) is 0 Å². The molecule has 4 saturated carbocycles. The molecule has 4 fully saturated rings. The molecule has 0 aliphatic heterocycles. The number of rotatable bonds is 0. The topological polar surface area (TPSA) is 26.0 Å². The van der Waals surface area contributed by atoms with E-state index in [0.717, 1.165) is 23.7 Å². The minimum absolute atomic E-state index is 0.601. The van der Waals surface area contributed by atoms with E-state index in [-0.39, 0.29) is 0 Å². The summed E-state index contributed by atoms with van der Waals surface area (Å²) in [4.78, 5) is 0. The van der Waals surface area contributed by atoms with Crippen LogP contribution in [-0.2, 0) is 0 Å². The van der Waals surface area contributed by atoms with E-state index >= 15 is 0 Å². The van der Waals surface area contributed by atoms with Crippen molar-refractivity contribution in [2.45, 2.75) is 31.7 Å². The molecule has 5 atom stereocenters. The van der Waals surface area contributed by atoms with Crippen LogP contribution in [0.15, 0.2) is 0 Å². The van der Waals surface area contributed by atoms with Gasteiger partial charge in [0, 0.05) is 6.04 Å². The molecular formula is C9H15N. The third-order valence-electron chi connectivity index (χ3n) is 4.13. The Morgan fingerprint density at radius 1 is 0.900 bits per heavy atom. The zero-order valence-corrected chi connectivity index (χ0v) is 6.29. The van der Waals surface area contributed by atoms with E-state index in [1.807, 2.05) is 0 Å². The summed E-state index contributed by atoms with van der Waals surface area (Å²) in [6, 6.07) is 0.601. The zero-order chi connectivity index (χ0) is 6.72. The lowest BCUT2D eigenvalue weighted by atomic mass is 9.80. The first-order valence-corrected chi connectivity index (χ1v) is 4.60. The molecule has 5 unspecified atom stereocenters. The maximum atomic E-state index is 6.10. The highest BCUT2D eigenvalue weighted by Gasteiger charge is 2.52. The molecule has 4 bridgehead atoms. The summed E-state index contributed by atoms with van der Waals surface area (Å²) in [7, 11) is 0. The van der Waals surface area contributed by atoms with E-state index in [9.17, 15) is 0 Å². The van der Waals surface area contributed by atoms with Gasteiger partial charge in [0.1, 0.15) is 0 Å². The first kappa shape index (κ1) is 5.59. The van der Waals surface area contributed by atoms with E-state index in [1.165, 1.54) is 25.7 Å². The molecule has 4 rings (SSSR count). The Labute approximate surface area is 62.0 Å². The van der Waals surface area contributed by atoms with Crippen LogP contribution in [0.25, 0.3) is 0 Å². The molecule has 0 aromatic heterocycles. The van der Waals surface area contributed by atoms with Crippen molar-refractivity contribution in [1.82, 2.24) is 0 Å². The van der Waals surface area contributed by atoms with Crippen LogP contribution >= 0.6 is 0 Å². The van der Waals surface area contributed by atoms with Crippen LogP contribution in [0.5, 0.6) is 0 Å². The first-order chi connectivity index (χ1) is 4.84. The van der Waals surface area contributed by atoms with Gasteiger partial charge in [-0.2, -0.15) is 0 Å². The molecule has 0 saturated heterocycles. The van der Waals surface area contributed by atoms with Crippen LogP contribution in [0.1, 0.15) is 25.7 Å². The molecule has 0 spiro atoms. The van der Waals surface area contributed by atoms with Crippen LogP contribution in [0, 0.1) is 23.7 Å². The van der Waals surface area contributed by atoms with E-state index in [4.69, 9.17) is 5.73 Å². The number of hydrogen-bond acceptors (Lipinski definition) is 1. The number of hydrogen-bond donors (Lipinski definition) is 1. The summed E-state index contributed by atoms with van der Waals surface area (Å²) in [5.74, 6) is 4.03. The molecule has 56 valence electrons. The van der Waals surface area contributed by atoms with Crippen LogP contribution in [0.2, 0.25) is 0 Å². The maximum Gasteiger partial charge on any atom is 0.00985 e. The Morgan fingerprint density at radius 2 is 1.70 bits per heavy atom. The molecule has 0 aromatic rings. The molecule has 10 heavy (non-hydrogen) atoms. The predicted octanol–water partition coefficient (Wildman–Crippen LogP) is 1.38. The van der Waals surface area contributed by atoms with Crippen molar-refractivity contribution in [3.05, 3.63) is 0 Å². The molecule has 4 aliphatic carbocycles. The monoisotopic (exact) mass is 137 g/mol. The quantitative estimate of drug-likeness (QED) is 0.536. The van der Waals surface area contributed by atoms with Gasteiger partial charge in [0.25, 0.3) is 0 Å². The van der Waals surface area contributed by atoms with Gasteiger partial charge in [-0.05, 0) is 49.4 Å². The number of nitrogens with two attached hydrogens (primary N) is 1. The Bertz CT molecular complexity index is 160. The Morgan fingerprint density at radius 3 is 2.40 bits per heavy atom. The van der Waals surface area contributed by atoms with Crippen molar-refractivity contribution in [2.75, 3.05) is 0 Å². The lowest BCUT2D eigenvalue weighted by molar-refractivity contribution is 0.250. The van der Waals surface area contributed by atoms with Crippen LogP contribution in [0.3, 0.4) is 0 Å². The minimum atomic E-state index is 0.601. The van der Waals surface area contributed by atoms with Crippen LogP contribution in [-0.4, -0.2) is 6.04 Å². The van der Waals surface area contributed by atoms with Crippen LogP contribution < -0.4 is 5.73 Å². The lowest BCUT2D eigenvalue weighted by Crippen LogP contribution is -2.35. The van der Waals surface area contributed by atoms with Crippen molar-refractivity contribution in [2.24, 2.45) is 29.4 Å². The Kier molecular flexibility index (Phi) is 0.883. The summed E-state index contributed by atoms with van der Waals surface area (Å²) in [6.07, 6.45) is 5.94. The fourth-order valence-electron chi connectivity index (χ4n) is 3.79. The van der Waals surface area contributed by atoms with Gasteiger partial charge >= 0.3 is 0 Å². The molecule has 0 radical (unpaired) electrons. The summed E-state index contributed by atoms with van der Waals surface area (Å²) >= 11 is 0. The molecule has 1 nitrogen and oxygen atoms in total. The van der Waals surface area contributed by atoms with Gasteiger partial charge < -0.3 is 5.73 Å². The average molecular weight is 137 g/mol. The lowest BCUT2D eigenvalue weighted by Gasteiger charge is -2.29. The summed E-state index contributed by atoms with van der Waals surface area (Å²) in [5.41, 5.74) is 6.10. The Hall–Kier alpha value is -0.0400. The summed E-state index contributed by atoms with van der Waals surface area (Å²) in [6.45, 7) is 0. The fraction of sp³-hybridized carbons (Fsp3) is 1.00. The summed E-state index contributed by atoms with van der Waals surface area (Å²) < 4.78 is 0. The van der Waals surface area contributed by atoms with Gasteiger partial charge in [-0.1, -0.05) is 0 Å². The molecule has 4 aliphatic rings. The van der Waals surface area contributed by atoms with Crippen molar-refractivity contribution in [3.63, 3.8) is 0 Å². The highest BCUT2D eigenvalue weighted by Crippen LogP contribution is 2.57. The second-order valence-electron chi connectivity index (χ2n) is 4.57. The second kappa shape index (κ2) is 1.58. The minimum Gasteiger partial charge on any atom is -0.327 e. The van der Waals surface area contributed by atoms with Crippen molar-refractivity contribution < 1.29 is 0 Å². The average Bonchev–Trinajstić information content (AvgIpc) is 2.31. The maximum absolute atomic E-state index is 6.10. The van der Waals surface area contributed by atoms with Gasteiger partial charge in [0.05, 0.1) is 0 Å². The highest BCUT2D eigenvalue weighted by molar-refractivity contribution is 5.04. The zero-order valence-electron chi connectivity index (χ0n) is 6.29. The molecule has 0 heterocycles. The highest BCUT2D eigenvalue weighted by atomic mass is 14.8. The van der Waals surface area contributed by atoms with Crippen molar-refractivity contribution >= 4 is 0 Å². The first-order valence-electron chi connectivity index (χ1n) is 4.60. The van der Waals surface area contributed by atoms with E-state index in [0.29, 0.717) is 6.04 Å². The van der Waals surface area contributed by atoms with Gasteiger partial charge in [-0.25, -0.2) is 0 Å². The largest absolute Gasteiger partial charge is 0.327 e. The summed E-state index contributed by atoms with van der Waals surface area (Å²) in [5, 5.41) is 0. The normalized spacial score (nSPS) is 63.9. The molecule has 0 amide bonds. The second-order valence-corrected chi connectivity index (χ2v) is 4.57. The van der Waals surface area contributed by atoms with Crippen LogP contribution in [0.4, 0.5) is 0 Å². The molecule has 0 aromatic carbocycles. The third-order valence-corrected chi connectivity index (χ3v) is 4.13. The van der Waals surface area contributed by atoms with Crippen molar-refractivity contribution in [3.8, 4) is 0 Å². The molecule has 1 heteroatoms. The molecule has 2 N–H and O–H groups in total. The molecular weight excluding hydrogens is 122 g/mol. The van der Waals surface area contributed by atoms with Gasteiger partial charge in [0.15, 0.2) is 0 Å². The Balaban J connectivity index is 1.99. The fourth-order valence-corrected chi connectivity index (χ4v) is 3.79. The predicted molar refractivity (Wildman–Crippen MR) is 40.4 cm³/mol. The SMILES string of the molecule is NC1C2CC3CC(C2)C1C3. The van der Waals surface area contributed by atoms with Gasteiger partial charge in [-0.15, -0.1) is 0 Å². The standard InChI is InChI=1S/C9H15N/c10-9-7-2-5-1-6(4-7)8(9)3-5/h5-9H,1-4,10H2. The van der Waals surface area contributed by atoms with Gasteiger partial charge in [-0.3, -0.25) is 0 Å².